The van der Waals surface area contributed by atoms with Crippen LogP contribution in [0.4, 0.5) is 0 Å². The molecule has 2 heterocycles. The predicted molar refractivity (Wildman–Crippen MR) is 181 cm³/mol. The minimum Gasteiger partial charge on any atom is -0.497 e. The van der Waals surface area contributed by atoms with E-state index in [4.69, 9.17) is 9.47 Å². The van der Waals surface area contributed by atoms with Gasteiger partial charge in [-0.15, -0.1) is 5.10 Å². The summed E-state index contributed by atoms with van der Waals surface area (Å²) in [5.41, 5.74) is 4.17. The van der Waals surface area contributed by atoms with E-state index in [0.29, 0.717) is 25.3 Å². The molecule has 13 nitrogen and oxygen atoms in total. The molecular formula is C36H43N7O6. The average molecular weight is 670 g/mol. The van der Waals surface area contributed by atoms with Crippen molar-refractivity contribution in [2.75, 3.05) is 40.5 Å². The molecule has 1 atom stereocenters. The fraction of sp³-hybridized carbons (Fsp3) is 0.361. The van der Waals surface area contributed by atoms with Gasteiger partial charge < -0.3 is 30.1 Å². The topological polar surface area (TPSA) is 151 Å². The molecular weight excluding hydrogens is 626 g/mol. The van der Waals surface area contributed by atoms with Gasteiger partial charge in [-0.05, 0) is 46.5 Å². The van der Waals surface area contributed by atoms with Crippen LogP contribution in [-0.4, -0.2) is 94.1 Å². The molecule has 3 amide bonds. The number of benzene rings is 3. The second kappa shape index (κ2) is 17.2. The highest BCUT2D eigenvalue weighted by molar-refractivity contribution is 5.91. The highest BCUT2D eigenvalue weighted by Crippen LogP contribution is 2.19. The van der Waals surface area contributed by atoms with Gasteiger partial charge in [-0.2, -0.15) is 0 Å². The van der Waals surface area contributed by atoms with Crippen LogP contribution in [0.1, 0.15) is 27.9 Å². The monoisotopic (exact) mass is 669 g/mol. The molecule has 0 bridgehead atoms. The van der Waals surface area contributed by atoms with Crippen LogP contribution in [-0.2, 0) is 53.4 Å². The highest BCUT2D eigenvalue weighted by atomic mass is 16.5. The number of aliphatic hydroxyl groups is 1. The molecule has 1 aliphatic heterocycles. The lowest BCUT2D eigenvalue weighted by Gasteiger charge is -2.29. The minimum absolute atomic E-state index is 0.0858. The fourth-order valence-electron chi connectivity index (χ4n) is 5.78. The number of nitrogens with one attached hydrogen (secondary N) is 2. The summed E-state index contributed by atoms with van der Waals surface area (Å²) in [6.07, 6.45) is 1.81. The van der Waals surface area contributed by atoms with Crippen LogP contribution in [0, 0.1) is 0 Å². The summed E-state index contributed by atoms with van der Waals surface area (Å²) in [5.74, 6) is 0.475. The van der Waals surface area contributed by atoms with Gasteiger partial charge in [0.25, 0.3) is 0 Å². The zero-order valence-electron chi connectivity index (χ0n) is 27.9. The van der Waals surface area contributed by atoms with E-state index in [-0.39, 0.29) is 57.4 Å². The second-order valence-corrected chi connectivity index (χ2v) is 11.9. The Labute approximate surface area is 285 Å². The zero-order chi connectivity index (χ0) is 34.6. The summed E-state index contributed by atoms with van der Waals surface area (Å²) in [5, 5.41) is 23.1. The lowest BCUT2D eigenvalue weighted by molar-refractivity contribution is -0.137. The van der Waals surface area contributed by atoms with Crippen LogP contribution in [0.25, 0.3) is 0 Å². The number of carbonyl (C=O) groups excluding carboxylic acids is 3. The first-order valence-electron chi connectivity index (χ1n) is 16.2. The maximum Gasteiger partial charge on any atom is 0.243 e. The van der Waals surface area contributed by atoms with Gasteiger partial charge >= 0.3 is 0 Å². The van der Waals surface area contributed by atoms with Gasteiger partial charge in [0.15, 0.2) is 0 Å². The summed E-state index contributed by atoms with van der Waals surface area (Å²) in [6, 6.07) is 22.2. The lowest BCUT2D eigenvalue weighted by atomic mass is 10.0. The number of aromatic nitrogens is 3. The molecule has 3 N–H and O–H groups in total. The van der Waals surface area contributed by atoms with Crippen molar-refractivity contribution in [3.63, 3.8) is 0 Å². The lowest BCUT2D eigenvalue weighted by Crippen LogP contribution is -2.52. The van der Waals surface area contributed by atoms with Crippen LogP contribution in [0.15, 0.2) is 79.0 Å². The Morgan fingerprint density at radius 2 is 1.57 bits per heavy atom. The van der Waals surface area contributed by atoms with E-state index in [1.807, 2.05) is 72.8 Å². The zero-order valence-corrected chi connectivity index (χ0v) is 27.9. The van der Waals surface area contributed by atoms with Gasteiger partial charge in [0.2, 0.25) is 17.7 Å². The smallest absolute Gasteiger partial charge is 0.243 e. The summed E-state index contributed by atoms with van der Waals surface area (Å²) in [4.78, 5) is 44.6. The Kier molecular flexibility index (Phi) is 12.3. The largest absolute Gasteiger partial charge is 0.497 e. The number of amides is 3. The van der Waals surface area contributed by atoms with Crippen LogP contribution in [0.2, 0.25) is 0 Å². The molecule has 0 radical (unpaired) electrons. The number of methoxy groups -OCH3 is 2. The van der Waals surface area contributed by atoms with Crippen LogP contribution in [0.3, 0.4) is 0 Å². The number of fused-ring (bicyclic) bond motifs is 1. The quantitative estimate of drug-likeness (QED) is 0.193. The Hall–Kier alpha value is -5.27. The molecule has 0 spiro atoms. The van der Waals surface area contributed by atoms with E-state index >= 15 is 0 Å². The highest BCUT2D eigenvalue weighted by Gasteiger charge is 2.27. The molecule has 1 aliphatic rings. The van der Waals surface area contributed by atoms with Crippen molar-refractivity contribution < 1.29 is 29.0 Å². The van der Waals surface area contributed by atoms with Crippen molar-refractivity contribution in [2.24, 2.45) is 0 Å². The molecule has 0 fully saturated rings. The van der Waals surface area contributed by atoms with E-state index in [1.54, 1.807) is 25.3 Å². The third kappa shape index (κ3) is 10.1. The maximum atomic E-state index is 13.9. The summed E-state index contributed by atoms with van der Waals surface area (Å²) in [7, 11) is 3.27. The van der Waals surface area contributed by atoms with E-state index in [9.17, 15) is 19.5 Å². The number of rotatable bonds is 13. The second-order valence-electron chi connectivity index (χ2n) is 11.9. The van der Waals surface area contributed by atoms with Gasteiger partial charge in [0, 0.05) is 45.3 Å². The van der Waals surface area contributed by atoms with E-state index in [2.05, 4.69) is 25.8 Å². The van der Waals surface area contributed by atoms with Crippen molar-refractivity contribution in [1.29, 1.82) is 0 Å². The van der Waals surface area contributed by atoms with Crippen LogP contribution >= 0.6 is 0 Å². The predicted octanol–water partition coefficient (Wildman–Crippen LogP) is 1.72. The average Bonchev–Trinajstić information content (AvgIpc) is 3.55. The maximum absolute atomic E-state index is 13.9. The molecule has 4 aromatic rings. The number of ether oxygens (including phenoxy) is 2. The van der Waals surface area contributed by atoms with Crippen molar-refractivity contribution in [2.45, 2.75) is 45.1 Å². The molecule has 1 aromatic heterocycles. The van der Waals surface area contributed by atoms with Crippen LogP contribution < -0.4 is 20.1 Å². The third-order valence-corrected chi connectivity index (χ3v) is 8.35. The van der Waals surface area contributed by atoms with Gasteiger partial charge in [0.1, 0.15) is 17.5 Å². The third-order valence-electron chi connectivity index (χ3n) is 8.35. The molecule has 49 heavy (non-hydrogen) atoms. The number of hydrogen-bond acceptors (Lipinski definition) is 9. The Balaban J connectivity index is 1.38. The fourth-order valence-corrected chi connectivity index (χ4v) is 5.78. The molecule has 258 valence electrons. The molecule has 0 saturated heterocycles. The summed E-state index contributed by atoms with van der Waals surface area (Å²) < 4.78 is 12.4. The van der Waals surface area contributed by atoms with E-state index in [1.165, 1.54) is 4.68 Å². The van der Waals surface area contributed by atoms with Crippen molar-refractivity contribution in [3.05, 3.63) is 107 Å². The van der Waals surface area contributed by atoms with Crippen molar-refractivity contribution in [1.82, 2.24) is 35.4 Å². The molecule has 0 saturated carbocycles. The number of nitrogens with zero attached hydrogens (tertiary/aromatic N) is 5. The molecule has 3 aromatic carbocycles. The van der Waals surface area contributed by atoms with Crippen molar-refractivity contribution in [3.8, 4) is 11.5 Å². The SMILES string of the molecule is COc1cccc(CN(CCN2CC(=O)N[C@H](Cc3cn(CCO)nn3)C(=O)NCc3ccccc3CC2=O)Cc2cccc(OC)c2)c1. The normalized spacial score (nSPS) is 15.6. The molecule has 5 rings (SSSR count). The minimum atomic E-state index is -0.951. The van der Waals surface area contributed by atoms with Gasteiger partial charge in [-0.1, -0.05) is 53.7 Å². The van der Waals surface area contributed by atoms with Crippen molar-refractivity contribution >= 4 is 17.7 Å². The molecule has 0 unspecified atom stereocenters. The first-order valence-corrected chi connectivity index (χ1v) is 16.2. The number of carbonyl (C=O) groups is 3. The number of aliphatic hydroxyl groups excluding tert-OH is 1. The summed E-state index contributed by atoms with van der Waals surface area (Å²) >= 11 is 0. The van der Waals surface area contributed by atoms with Gasteiger partial charge in [-0.25, -0.2) is 4.68 Å². The molecule has 13 heteroatoms. The van der Waals surface area contributed by atoms with Gasteiger partial charge in [-0.3, -0.25) is 19.3 Å². The van der Waals surface area contributed by atoms with Gasteiger partial charge in [0.05, 0.1) is 46.0 Å². The standard InChI is InChI=1S/C36H43N7O6/c1-48-31-11-5-7-26(17-31)22-41(23-27-8-6-12-32(18-27)49-2)13-14-42-25-34(45)38-33(20-30-24-43(15-16-44)40-39-30)36(47)37-21-29-10-4-3-9-28(29)19-35(42)46/h3-12,17-18,24,33,44H,13-16,19-23,25H2,1-2H3,(H,37,47)(H,38,45)/t33-/m1/s1. The van der Waals surface area contributed by atoms with Crippen LogP contribution in [0.5, 0.6) is 11.5 Å². The number of hydrogen-bond donors (Lipinski definition) is 3. The van der Waals surface area contributed by atoms with E-state index in [0.717, 1.165) is 33.8 Å². The van der Waals surface area contributed by atoms with E-state index < -0.39 is 11.9 Å². The first kappa shape index (κ1) is 35.0. The Morgan fingerprint density at radius 1 is 0.898 bits per heavy atom. The summed E-state index contributed by atoms with van der Waals surface area (Å²) in [6.45, 7) is 2.01. The first-order chi connectivity index (χ1) is 23.8. The molecule has 0 aliphatic carbocycles. The Morgan fingerprint density at radius 3 is 2.22 bits per heavy atom. The Bertz CT molecular complexity index is 1680.